The zero-order valence-electron chi connectivity index (χ0n) is 6.82. The van der Waals surface area contributed by atoms with Crippen LogP contribution in [0.25, 0.3) is 0 Å². The Bertz CT molecular complexity index is 148. The molecule has 0 saturated carbocycles. The molecule has 0 aromatic carbocycles. The highest BCUT2D eigenvalue weighted by atomic mass is 19.4. The van der Waals surface area contributed by atoms with Crippen molar-refractivity contribution in [1.82, 2.24) is 5.32 Å². The van der Waals surface area contributed by atoms with Gasteiger partial charge in [-0.3, -0.25) is 5.32 Å². The summed E-state index contributed by atoms with van der Waals surface area (Å²) in [5, 5.41) is 2.38. The maximum absolute atomic E-state index is 12.0. The molecule has 5 heteroatoms. The predicted molar refractivity (Wildman–Crippen MR) is 37.6 cm³/mol. The quantitative estimate of drug-likeness (QED) is 0.703. The van der Waals surface area contributed by atoms with Crippen molar-refractivity contribution < 1.29 is 17.9 Å². The smallest absolute Gasteiger partial charge is 0.352 e. The molecule has 1 fully saturated rings. The summed E-state index contributed by atoms with van der Waals surface area (Å²) in [6, 6.07) is -0.137. The number of rotatable bonds is 2. The van der Waals surface area contributed by atoms with E-state index in [0.29, 0.717) is 0 Å². The van der Waals surface area contributed by atoms with E-state index in [4.69, 9.17) is 0 Å². The summed E-state index contributed by atoms with van der Waals surface area (Å²) < 4.78 is 40.5. The zero-order valence-corrected chi connectivity index (χ0v) is 6.82. The second kappa shape index (κ2) is 3.62. The van der Waals surface area contributed by atoms with Crippen LogP contribution in [0.3, 0.4) is 0 Å². The molecule has 2 nitrogen and oxygen atoms in total. The third-order valence-electron chi connectivity index (χ3n) is 1.79. The maximum atomic E-state index is 12.0. The lowest BCUT2D eigenvalue weighted by atomic mass is 10.2. The van der Waals surface area contributed by atoms with Gasteiger partial charge in [-0.25, -0.2) is 0 Å². The summed E-state index contributed by atoms with van der Waals surface area (Å²) in [5.41, 5.74) is 0. The summed E-state index contributed by atoms with van der Waals surface area (Å²) >= 11 is 0. The van der Waals surface area contributed by atoms with E-state index in [0.717, 1.165) is 12.8 Å². The first-order chi connectivity index (χ1) is 5.54. The average Bonchev–Trinajstić information content (AvgIpc) is 2.35. The maximum Gasteiger partial charge on any atom is 0.428 e. The number of halogens is 3. The molecule has 1 N–H and O–H groups in total. The van der Waals surface area contributed by atoms with E-state index in [1.165, 1.54) is 0 Å². The van der Waals surface area contributed by atoms with E-state index in [2.05, 4.69) is 10.1 Å². The highest BCUT2D eigenvalue weighted by molar-refractivity contribution is 4.79. The van der Waals surface area contributed by atoms with Gasteiger partial charge in [-0.05, 0) is 6.42 Å². The minimum atomic E-state index is -4.28. The van der Waals surface area contributed by atoms with Gasteiger partial charge in [0.1, 0.15) is 0 Å². The summed E-state index contributed by atoms with van der Waals surface area (Å²) in [4.78, 5) is 0. The van der Waals surface area contributed by atoms with E-state index in [9.17, 15) is 13.2 Å². The Morgan fingerprint density at radius 1 is 1.50 bits per heavy atom. The van der Waals surface area contributed by atoms with Crippen molar-refractivity contribution in [2.45, 2.75) is 38.2 Å². The van der Waals surface area contributed by atoms with E-state index in [1.807, 2.05) is 6.92 Å². The van der Waals surface area contributed by atoms with Crippen LogP contribution in [0.15, 0.2) is 0 Å². The highest BCUT2D eigenvalue weighted by Crippen LogP contribution is 2.25. The summed E-state index contributed by atoms with van der Waals surface area (Å²) in [5.74, 6) is 0. The molecule has 0 radical (unpaired) electrons. The van der Waals surface area contributed by atoms with Crippen LogP contribution < -0.4 is 5.32 Å². The molecule has 1 aliphatic rings. The first kappa shape index (κ1) is 9.80. The Labute approximate surface area is 69.1 Å². The van der Waals surface area contributed by atoms with Gasteiger partial charge >= 0.3 is 6.18 Å². The molecule has 0 aliphatic carbocycles. The summed E-state index contributed by atoms with van der Waals surface area (Å²) in [7, 11) is 0. The van der Waals surface area contributed by atoms with Gasteiger partial charge in [0.15, 0.2) is 0 Å². The number of hydrogen-bond acceptors (Lipinski definition) is 2. The van der Waals surface area contributed by atoms with Gasteiger partial charge in [0.05, 0.1) is 6.61 Å². The predicted octanol–water partition coefficient (Wildman–Crippen LogP) is 1.66. The molecule has 12 heavy (non-hydrogen) atoms. The van der Waals surface area contributed by atoms with Gasteiger partial charge in [-0.1, -0.05) is 13.3 Å². The van der Waals surface area contributed by atoms with E-state index >= 15 is 0 Å². The first-order valence-electron chi connectivity index (χ1n) is 3.98. The van der Waals surface area contributed by atoms with Crippen molar-refractivity contribution in [3.05, 3.63) is 0 Å². The van der Waals surface area contributed by atoms with Gasteiger partial charge in [0, 0.05) is 6.04 Å². The van der Waals surface area contributed by atoms with E-state index in [1.54, 1.807) is 0 Å². The third-order valence-corrected chi connectivity index (χ3v) is 1.79. The van der Waals surface area contributed by atoms with Crippen LogP contribution in [0.2, 0.25) is 0 Å². The fourth-order valence-electron chi connectivity index (χ4n) is 1.23. The molecular weight excluding hydrogens is 171 g/mol. The first-order valence-corrected chi connectivity index (χ1v) is 3.98. The zero-order chi connectivity index (χ0) is 9.19. The Morgan fingerprint density at radius 2 is 2.17 bits per heavy atom. The fourth-order valence-corrected chi connectivity index (χ4v) is 1.23. The topological polar surface area (TPSA) is 21.3 Å². The van der Waals surface area contributed by atoms with Crippen molar-refractivity contribution in [1.29, 1.82) is 0 Å². The van der Waals surface area contributed by atoms with Crippen molar-refractivity contribution in [3.63, 3.8) is 0 Å². The average molecular weight is 183 g/mol. The van der Waals surface area contributed by atoms with Crippen LogP contribution in [0.5, 0.6) is 0 Å². The molecule has 1 heterocycles. The SMILES string of the molecule is CCC[C@H]1COC(C(F)(F)F)N1. The van der Waals surface area contributed by atoms with Crippen LogP contribution in [0.4, 0.5) is 13.2 Å². The molecule has 72 valence electrons. The normalized spacial score (nSPS) is 31.0. The molecule has 1 saturated heterocycles. The van der Waals surface area contributed by atoms with Crippen LogP contribution in [-0.4, -0.2) is 25.1 Å². The van der Waals surface area contributed by atoms with E-state index < -0.39 is 12.4 Å². The lowest BCUT2D eigenvalue weighted by molar-refractivity contribution is -0.212. The highest BCUT2D eigenvalue weighted by Gasteiger charge is 2.45. The Hall–Kier alpha value is -0.290. The second-order valence-electron chi connectivity index (χ2n) is 2.91. The second-order valence-corrected chi connectivity index (χ2v) is 2.91. The van der Waals surface area contributed by atoms with E-state index in [-0.39, 0.29) is 12.6 Å². The van der Waals surface area contributed by atoms with Crippen molar-refractivity contribution in [2.75, 3.05) is 6.61 Å². The van der Waals surface area contributed by atoms with Gasteiger partial charge in [-0.2, -0.15) is 13.2 Å². The van der Waals surface area contributed by atoms with Gasteiger partial charge in [0.25, 0.3) is 0 Å². The number of alkyl halides is 3. The Balaban J connectivity index is 2.35. The molecule has 1 unspecified atom stereocenters. The van der Waals surface area contributed by atoms with Crippen LogP contribution in [-0.2, 0) is 4.74 Å². The Morgan fingerprint density at radius 3 is 2.58 bits per heavy atom. The van der Waals surface area contributed by atoms with Crippen molar-refractivity contribution >= 4 is 0 Å². The molecule has 0 amide bonds. The van der Waals surface area contributed by atoms with Crippen molar-refractivity contribution in [3.8, 4) is 0 Å². The largest absolute Gasteiger partial charge is 0.428 e. The van der Waals surface area contributed by atoms with Crippen LogP contribution in [0, 0.1) is 0 Å². The van der Waals surface area contributed by atoms with Gasteiger partial charge in [-0.15, -0.1) is 0 Å². The third kappa shape index (κ3) is 2.35. The minimum absolute atomic E-state index is 0.137. The monoisotopic (exact) mass is 183 g/mol. The number of nitrogens with one attached hydrogen (secondary N) is 1. The van der Waals surface area contributed by atoms with Crippen LogP contribution in [0.1, 0.15) is 19.8 Å². The molecule has 0 bridgehead atoms. The minimum Gasteiger partial charge on any atom is -0.352 e. The molecule has 2 atom stereocenters. The summed E-state index contributed by atoms with van der Waals surface area (Å²) in [6.45, 7) is 2.10. The van der Waals surface area contributed by atoms with Gasteiger partial charge < -0.3 is 4.74 Å². The molecular formula is C7H12F3NO. The van der Waals surface area contributed by atoms with Gasteiger partial charge in [0.2, 0.25) is 6.23 Å². The lowest BCUT2D eigenvalue weighted by Crippen LogP contribution is -2.41. The van der Waals surface area contributed by atoms with Crippen molar-refractivity contribution in [2.24, 2.45) is 0 Å². The fraction of sp³-hybridized carbons (Fsp3) is 1.00. The standard InChI is InChI=1S/C7H12F3NO/c1-2-3-5-4-12-6(11-5)7(8,9)10/h5-6,11H,2-4H2,1H3/t5-,6?/m0/s1. The number of ether oxygens (including phenoxy) is 1. The summed E-state index contributed by atoms with van der Waals surface area (Å²) in [6.07, 6.45) is -4.44. The molecule has 1 aliphatic heterocycles. The van der Waals surface area contributed by atoms with Crippen LogP contribution >= 0.6 is 0 Å². The molecule has 0 spiro atoms. The number of hydrogen-bond donors (Lipinski definition) is 1. The lowest BCUT2D eigenvalue weighted by Gasteiger charge is -2.14. The molecule has 0 aromatic heterocycles. The molecule has 1 rings (SSSR count). The molecule has 0 aromatic rings. The Kier molecular flexibility index (Phi) is 2.95.